The van der Waals surface area contributed by atoms with E-state index in [1.165, 1.54) is 18.4 Å². The summed E-state index contributed by atoms with van der Waals surface area (Å²) in [5, 5.41) is 0. The Kier molecular flexibility index (Phi) is 4.64. The number of primary amides is 1. The van der Waals surface area contributed by atoms with Crippen LogP contribution >= 0.6 is 0 Å². The maximum atomic E-state index is 11.4. The number of pyridine rings is 1. The van der Waals surface area contributed by atoms with E-state index >= 15 is 0 Å². The average Bonchev–Trinajstić information content (AvgIpc) is 2.92. The molecule has 0 spiro atoms. The van der Waals surface area contributed by atoms with Gasteiger partial charge in [-0.3, -0.25) is 14.7 Å². The van der Waals surface area contributed by atoms with Gasteiger partial charge in [0.2, 0.25) is 5.91 Å². The molecule has 3 heterocycles. The minimum atomic E-state index is -0.420. The number of piperidine rings is 1. The Morgan fingerprint density at radius 2 is 1.88 bits per heavy atom. The molecule has 136 valence electrons. The molecule has 2 saturated heterocycles. The van der Waals surface area contributed by atoms with Gasteiger partial charge in [-0.05, 0) is 68.5 Å². The number of benzene rings is 1. The van der Waals surface area contributed by atoms with E-state index in [9.17, 15) is 4.79 Å². The predicted octanol–water partition coefficient (Wildman–Crippen LogP) is 3.32. The Hall–Kier alpha value is -2.40. The fourth-order valence-corrected chi connectivity index (χ4v) is 4.62. The van der Waals surface area contributed by atoms with E-state index in [0.717, 1.165) is 18.6 Å². The standard InChI is InChI=1S/C21H25N3O2/c1-14(15-7-9-23-10-8-15)24-17-5-6-18(24)13-20(12-17)26-19-4-2-3-16(11-19)21(22)25/h2-4,7-11,14,17-18,20H,5-6,12-13H2,1H3,(H2,22,25)/t14?,17-,18+,20?. The summed E-state index contributed by atoms with van der Waals surface area (Å²) in [5.74, 6) is 0.317. The monoisotopic (exact) mass is 351 g/mol. The summed E-state index contributed by atoms with van der Waals surface area (Å²) < 4.78 is 6.22. The van der Waals surface area contributed by atoms with Crippen LogP contribution in [0.4, 0.5) is 0 Å². The van der Waals surface area contributed by atoms with Gasteiger partial charge in [0.15, 0.2) is 0 Å². The first-order chi connectivity index (χ1) is 12.6. The highest BCUT2D eigenvalue weighted by Crippen LogP contribution is 2.42. The SMILES string of the molecule is CC(c1ccncc1)N1[C@@H]2CC[C@H]1CC(Oc1cccc(C(N)=O)c1)C2. The molecule has 5 nitrogen and oxygen atoms in total. The average molecular weight is 351 g/mol. The molecule has 0 aliphatic carbocycles. The van der Waals surface area contributed by atoms with Gasteiger partial charge >= 0.3 is 0 Å². The van der Waals surface area contributed by atoms with Crippen molar-refractivity contribution in [1.29, 1.82) is 0 Å². The lowest BCUT2D eigenvalue weighted by molar-refractivity contribution is 0.0254. The first kappa shape index (κ1) is 17.0. The Balaban J connectivity index is 1.45. The van der Waals surface area contributed by atoms with Crippen LogP contribution in [0.1, 0.15) is 54.6 Å². The van der Waals surface area contributed by atoms with Gasteiger partial charge in [0.05, 0.1) is 0 Å². The van der Waals surface area contributed by atoms with Crippen molar-refractivity contribution >= 4 is 5.91 Å². The normalized spacial score (nSPS) is 26.4. The Morgan fingerprint density at radius 3 is 2.54 bits per heavy atom. The maximum Gasteiger partial charge on any atom is 0.248 e. The van der Waals surface area contributed by atoms with E-state index in [2.05, 4.69) is 28.9 Å². The number of carbonyl (C=O) groups excluding carboxylic acids is 1. The van der Waals surface area contributed by atoms with Crippen LogP contribution in [0, 0.1) is 0 Å². The van der Waals surface area contributed by atoms with Gasteiger partial charge in [-0.15, -0.1) is 0 Å². The van der Waals surface area contributed by atoms with E-state index < -0.39 is 5.91 Å². The zero-order valence-corrected chi connectivity index (χ0v) is 15.0. The summed E-state index contributed by atoms with van der Waals surface area (Å²) in [6.07, 6.45) is 8.42. The lowest BCUT2D eigenvalue weighted by atomic mass is 9.95. The van der Waals surface area contributed by atoms with E-state index in [1.807, 2.05) is 24.5 Å². The molecule has 0 saturated carbocycles. The van der Waals surface area contributed by atoms with Gasteiger partial charge in [0.25, 0.3) is 0 Å². The molecule has 2 N–H and O–H groups in total. The second-order valence-corrected chi connectivity index (χ2v) is 7.39. The fourth-order valence-electron chi connectivity index (χ4n) is 4.62. The first-order valence-corrected chi connectivity index (χ1v) is 9.35. The van der Waals surface area contributed by atoms with Crippen molar-refractivity contribution in [2.75, 3.05) is 0 Å². The summed E-state index contributed by atoms with van der Waals surface area (Å²) >= 11 is 0. The second kappa shape index (κ2) is 7.08. The fraction of sp³-hybridized carbons (Fsp3) is 0.429. The van der Waals surface area contributed by atoms with Crippen LogP contribution in [-0.4, -0.2) is 34.0 Å². The quantitative estimate of drug-likeness (QED) is 0.897. The van der Waals surface area contributed by atoms with Crippen LogP contribution in [0.5, 0.6) is 5.75 Å². The van der Waals surface area contributed by atoms with Crippen molar-refractivity contribution in [3.63, 3.8) is 0 Å². The topological polar surface area (TPSA) is 68.5 Å². The van der Waals surface area contributed by atoms with Crippen LogP contribution in [-0.2, 0) is 0 Å². The van der Waals surface area contributed by atoms with Crippen molar-refractivity contribution in [1.82, 2.24) is 9.88 Å². The highest BCUT2D eigenvalue weighted by Gasteiger charge is 2.43. The van der Waals surface area contributed by atoms with E-state index in [1.54, 1.807) is 12.1 Å². The number of ether oxygens (including phenoxy) is 1. The van der Waals surface area contributed by atoms with Crippen molar-refractivity contribution in [3.05, 3.63) is 59.9 Å². The third-order valence-electron chi connectivity index (χ3n) is 5.80. The number of fused-ring (bicyclic) bond motifs is 2. The smallest absolute Gasteiger partial charge is 0.248 e. The maximum absolute atomic E-state index is 11.4. The minimum absolute atomic E-state index is 0.191. The molecule has 1 amide bonds. The minimum Gasteiger partial charge on any atom is -0.490 e. The highest BCUT2D eigenvalue weighted by atomic mass is 16.5. The number of nitrogens with zero attached hydrogens (tertiary/aromatic N) is 2. The van der Waals surface area contributed by atoms with E-state index in [-0.39, 0.29) is 6.10 Å². The molecule has 26 heavy (non-hydrogen) atoms. The van der Waals surface area contributed by atoms with Crippen LogP contribution < -0.4 is 10.5 Å². The van der Waals surface area contributed by atoms with Crippen molar-refractivity contribution in [2.45, 2.75) is 56.8 Å². The van der Waals surface area contributed by atoms with Crippen molar-refractivity contribution in [3.8, 4) is 5.75 Å². The zero-order valence-electron chi connectivity index (χ0n) is 15.0. The lowest BCUT2D eigenvalue weighted by Crippen LogP contribution is -2.47. The first-order valence-electron chi connectivity index (χ1n) is 9.35. The molecular formula is C21H25N3O2. The molecule has 2 aliphatic heterocycles. The Labute approximate surface area is 154 Å². The summed E-state index contributed by atoms with van der Waals surface area (Å²) in [5.41, 5.74) is 7.19. The predicted molar refractivity (Wildman–Crippen MR) is 99.9 cm³/mol. The molecule has 2 unspecified atom stereocenters. The Morgan fingerprint density at radius 1 is 1.19 bits per heavy atom. The third-order valence-corrected chi connectivity index (χ3v) is 5.80. The van der Waals surface area contributed by atoms with Crippen molar-refractivity contribution < 1.29 is 9.53 Å². The molecule has 2 aromatic rings. The van der Waals surface area contributed by atoms with Crippen molar-refractivity contribution in [2.24, 2.45) is 5.73 Å². The second-order valence-electron chi connectivity index (χ2n) is 7.39. The van der Waals surface area contributed by atoms with Gasteiger partial charge < -0.3 is 10.5 Å². The molecule has 2 fully saturated rings. The number of nitrogens with two attached hydrogens (primary N) is 1. The molecule has 1 aromatic heterocycles. The van der Waals surface area contributed by atoms with Crippen LogP contribution in [0.25, 0.3) is 0 Å². The lowest BCUT2D eigenvalue weighted by Gasteiger charge is -2.42. The molecule has 5 heteroatoms. The van der Waals surface area contributed by atoms with E-state index in [4.69, 9.17) is 10.5 Å². The number of carbonyl (C=O) groups is 1. The molecule has 4 atom stereocenters. The van der Waals surface area contributed by atoms with Gasteiger partial charge in [-0.25, -0.2) is 0 Å². The molecule has 2 aliphatic rings. The molecular weight excluding hydrogens is 326 g/mol. The molecule has 0 radical (unpaired) electrons. The zero-order chi connectivity index (χ0) is 18.1. The van der Waals surface area contributed by atoms with Gasteiger partial charge in [-0.2, -0.15) is 0 Å². The van der Waals surface area contributed by atoms with Crippen LogP contribution in [0.2, 0.25) is 0 Å². The summed E-state index contributed by atoms with van der Waals surface area (Å²) in [7, 11) is 0. The largest absolute Gasteiger partial charge is 0.490 e. The number of aromatic nitrogens is 1. The van der Waals surface area contributed by atoms with E-state index in [0.29, 0.717) is 23.7 Å². The van der Waals surface area contributed by atoms with Crippen LogP contribution in [0.3, 0.4) is 0 Å². The molecule has 1 aromatic carbocycles. The van der Waals surface area contributed by atoms with Crippen LogP contribution in [0.15, 0.2) is 48.8 Å². The number of hydrogen-bond donors (Lipinski definition) is 1. The third kappa shape index (κ3) is 3.31. The molecule has 4 rings (SSSR count). The van der Waals surface area contributed by atoms with Gasteiger partial charge in [-0.1, -0.05) is 6.07 Å². The van der Waals surface area contributed by atoms with Gasteiger partial charge in [0.1, 0.15) is 11.9 Å². The summed E-state index contributed by atoms with van der Waals surface area (Å²) in [4.78, 5) is 18.2. The number of hydrogen-bond acceptors (Lipinski definition) is 4. The summed E-state index contributed by atoms with van der Waals surface area (Å²) in [6, 6.07) is 12.9. The summed E-state index contributed by atoms with van der Waals surface area (Å²) in [6.45, 7) is 2.29. The highest BCUT2D eigenvalue weighted by molar-refractivity contribution is 5.93. The Bertz CT molecular complexity index is 766. The van der Waals surface area contributed by atoms with Gasteiger partial charge in [0, 0.05) is 36.1 Å². The number of amides is 1. The number of rotatable bonds is 5. The molecule has 2 bridgehead atoms.